The average Bonchev–Trinajstić information content (AvgIpc) is 2.19. The van der Waals surface area contributed by atoms with Crippen molar-refractivity contribution in [2.45, 2.75) is 19.1 Å². The van der Waals surface area contributed by atoms with E-state index in [1.807, 2.05) is 0 Å². The van der Waals surface area contributed by atoms with Crippen LogP contribution < -0.4 is 16.4 Å². The molecule has 1 fully saturated rings. The summed E-state index contributed by atoms with van der Waals surface area (Å²) >= 11 is 0. The number of amides is 2. The van der Waals surface area contributed by atoms with Gasteiger partial charge in [-0.3, -0.25) is 9.59 Å². The summed E-state index contributed by atoms with van der Waals surface area (Å²) in [6.07, 6.45) is -0.523. The second-order valence-electron chi connectivity index (χ2n) is 3.20. The predicted octanol–water partition coefficient (Wildman–Crippen LogP) is -2.04. The standard InChI is InChI=1S/C8H15N3O3/c1-5(7(9)12)11-8(13)6-4-10-2-3-14-6/h5-6,10H,2-4H2,1H3,(H2,9,12)(H,11,13). The summed E-state index contributed by atoms with van der Waals surface area (Å²) in [5.41, 5.74) is 5.00. The molecule has 1 aliphatic rings. The monoisotopic (exact) mass is 201 g/mol. The molecule has 0 aromatic heterocycles. The van der Waals surface area contributed by atoms with E-state index in [1.165, 1.54) is 6.92 Å². The van der Waals surface area contributed by atoms with Crippen LogP contribution in [0.4, 0.5) is 0 Å². The van der Waals surface area contributed by atoms with E-state index >= 15 is 0 Å². The summed E-state index contributed by atoms with van der Waals surface area (Å²) in [6, 6.07) is -0.659. The summed E-state index contributed by atoms with van der Waals surface area (Å²) in [5, 5.41) is 5.49. The van der Waals surface area contributed by atoms with Gasteiger partial charge in [-0.15, -0.1) is 0 Å². The Morgan fingerprint density at radius 2 is 2.36 bits per heavy atom. The minimum absolute atomic E-state index is 0.302. The fraction of sp³-hybridized carbons (Fsp3) is 0.750. The first-order valence-electron chi connectivity index (χ1n) is 4.53. The Balaban J connectivity index is 2.36. The van der Waals surface area contributed by atoms with Crippen LogP contribution in [0.2, 0.25) is 0 Å². The zero-order valence-corrected chi connectivity index (χ0v) is 8.08. The SMILES string of the molecule is CC(NC(=O)C1CNCCO1)C(N)=O. The number of hydrogen-bond donors (Lipinski definition) is 3. The first kappa shape index (κ1) is 10.9. The molecule has 1 rings (SSSR count). The number of ether oxygens (including phenoxy) is 1. The largest absolute Gasteiger partial charge is 0.368 e. The molecule has 0 bridgehead atoms. The van der Waals surface area contributed by atoms with Crippen LogP contribution >= 0.6 is 0 Å². The van der Waals surface area contributed by atoms with E-state index in [0.717, 1.165) is 6.54 Å². The fourth-order valence-corrected chi connectivity index (χ4v) is 1.11. The molecule has 1 aliphatic heterocycles. The van der Waals surface area contributed by atoms with Crippen molar-refractivity contribution in [1.82, 2.24) is 10.6 Å². The van der Waals surface area contributed by atoms with Crippen LogP contribution in [0.15, 0.2) is 0 Å². The van der Waals surface area contributed by atoms with Gasteiger partial charge in [0.15, 0.2) is 0 Å². The number of nitrogens with one attached hydrogen (secondary N) is 2. The van der Waals surface area contributed by atoms with Gasteiger partial charge in [0.1, 0.15) is 12.1 Å². The van der Waals surface area contributed by atoms with Gasteiger partial charge in [-0.05, 0) is 6.92 Å². The molecule has 2 unspecified atom stereocenters. The van der Waals surface area contributed by atoms with E-state index in [9.17, 15) is 9.59 Å². The normalized spacial score (nSPS) is 23.9. The Hall–Kier alpha value is -1.14. The number of carbonyl (C=O) groups is 2. The van der Waals surface area contributed by atoms with Gasteiger partial charge in [0.2, 0.25) is 5.91 Å². The third kappa shape index (κ3) is 2.97. The Kier molecular flexibility index (Phi) is 3.84. The van der Waals surface area contributed by atoms with Crippen LogP contribution in [-0.2, 0) is 14.3 Å². The van der Waals surface area contributed by atoms with Gasteiger partial charge in [0.25, 0.3) is 5.91 Å². The molecule has 0 saturated carbocycles. The van der Waals surface area contributed by atoms with Crippen molar-refractivity contribution in [3.63, 3.8) is 0 Å². The molecule has 0 aliphatic carbocycles. The molecule has 1 heterocycles. The third-order valence-electron chi connectivity index (χ3n) is 2.01. The maximum Gasteiger partial charge on any atom is 0.251 e. The van der Waals surface area contributed by atoms with Crippen molar-refractivity contribution >= 4 is 11.8 Å². The number of rotatable bonds is 3. The summed E-state index contributed by atoms with van der Waals surface area (Å²) < 4.78 is 5.19. The highest BCUT2D eigenvalue weighted by Crippen LogP contribution is 1.96. The lowest BCUT2D eigenvalue weighted by Gasteiger charge is -2.23. The Morgan fingerprint density at radius 1 is 1.64 bits per heavy atom. The molecule has 2 atom stereocenters. The maximum absolute atomic E-state index is 11.4. The van der Waals surface area contributed by atoms with Crippen molar-refractivity contribution in [3.8, 4) is 0 Å². The number of carbonyl (C=O) groups excluding carboxylic acids is 2. The first-order valence-corrected chi connectivity index (χ1v) is 4.53. The number of nitrogens with two attached hydrogens (primary N) is 1. The van der Waals surface area contributed by atoms with Gasteiger partial charge >= 0.3 is 0 Å². The van der Waals surface area contributed by atoms with E-state index in [0.29, 0.717) is 13.2 Å². The lowest BCUT2D eigenvalue weighted by atomic mass is 10.2. The summed E-state index contributed by atoms with van der Waals surface area (Å²) in [7, 11) is 0. The van der Waals surface area contributed by atoms with Crippen LogP contribution in [0.1, 0.15) is 6.92 Å². The first-order chi connectivity index (χ1) is 6.61. The lowest BCUT2D eigenvalue weighted by molar-refractivity contribution is -0.137. The Labute approximate surface area is 82.2 Å². The Morgan fingerprint density at radius 3 is 2.86 bits per heavy atom. The molecule has 0 aromatic carbocycles. The molecule has 6 heteroatoms. The van der Waals surface area contributed by atoms with Crippen LogP contribution in [0.3, 0.4) is 0 Å². The second kappa shape index (κ2) is 4.92. The van der Waals surface area contributed by atoms with E-state index in [4.69, 9.17) is 10.5 Å². The molecule has 80 valence electrons. The molecule has 6 nitrogen and oxygen atoms in total. The van der Waals surface area contributed by atoms with Crippen molar-refractivity contribution in [3.05, 3.63) is 0 Å². The topological polar surface area (TPSA) is 93.4 Å². The summed E-state index contributed by atoms with van der Waals surface area (Å²) in [6.45, 7) is 3.26. The molecule has 0 spiro atoms. The van der Waals surface area contributed by atoms with E-state index in [1.54, 1.807) is 0 Å². The zero-order chi connectivity index (χ0) is 10.6. The van der Waals surface area contributed by atoms with E-state index in [2.05, 4.69) is 10.6 Å². The third-order valence-corrected chi connectivity index (χ3v) is 2.01. The average molecular weight is 201 g/mol. The highest BCUT2D eigenvalue weighted by Gasteiger charge is 2.23. The molecule has 0 radical (unpaired) electrons. The quantitative estimate of drug-likeness (QED) is 0.490. The van der Waals surface area contributed by atoms with Crippen LogP contribution in [0.25, 0.3) is 0 Å². The molecular formula is C8H15N3O3. The lowest BCUT2D eigenvalue weighted by Crippen LogP contribution is -2.52. The second-order valence-corrected chi connectivity index (χ2v) is 3.20. The minimum Gasteiger partial charge on any atom is -0.368 e. The van der Waals surface area contributed by atoms with Crippen molar-refractivity contribution in [2.75, 3.05) is 19.7 Å². The molecular weight excluding hydrogens is 186 g/mol. The fourth-order valence-electron chi connectivity index (χ4n) is 1.11. The maximum atomic E-state index is 11.4. The molecule has 2 amide bonds. The van der Waals surface area contributed by atoms with Crippen molar-refractivity contribution < 1.29 is 14.3 Å². The highest BCUT2D eigenvalue weighted by molar-refractivity contribution is 5.88. The molecule has 0 aromatic rings. The number of morpholine rings is 1. The van der Waals surface area contributed by atoms with Crippen molar-refractivity contribution in [2.24, 2.45) is 5.73 Å². The van der Waals surface area contributed by atoms with Crippen LogP contribution in [0, 0.1) is 0 Å². The van der Waals surface area contributed by atoms with Gasteiger partial charge < -0.3 is 21.1 Å². The number of hydrogen-bond acceptors (Lipinski definition) is 4. The predicted molar refractivity (Wildman–Crippen MR) is 49.4 cm³/mol. The van der Waals surface area contributed by atoms with Gasteiger partial charge in [0.05, 0.1) is 6.61 Å². The molecule has 4 N–H and O–H groups in total. The Bertz CT molecular complexity index is 226. The van der Waals surface area contributed by atoms with Crippen LogP contribution in [0.5, 0.6) is 0 Å². The highest BCUT2D eigenvalue weighted by atomic mass is 16.5. The molecule has 1 saturated heterocycles. The van der Waals surface area contributed by atoms with Crippen LogP contribution in [-0.4, -0.2) is 43.7 Å². The molecule has 14 heavy (non-hydrogen) atoms. The smallest absolute Gasteiger partial charge is 0.251 e. The van der Waals surface area contributed by atoms with Gasteiger partial charge in [-0.25, -0.2) is 0 Å². The van der Waals surface area contributed by atoms with Gasteiger partial charge in [-0.1, -0.05) is 0 Å². The number of primary amides is 1. The van der Waals surface area contributed by atoms with Gasteiger partial charge in [-0.2, -0.15) is 0 Å². The van der Waals surface area contributed by atoms with Gasteiger partial charge in [0, 0.05) is 13.1 Å². The van der Waals surface area contributed by atoms with E-state index in [-0.39, 0.29) is 5.91 Å². The zero-order valence-electron chi connectivity index (χ0n) is 8.08. The summed E-state index contributed by atoms with van der Waals surface area (Å²) in [5.74, 6) is -0.856. The van der Waals surface area contributed by atoms with Crippen molar-refractivity contribution in [1.29, 1.82) is 0 Å². The van der Waals surface area contributed by atoms with E-state index < -0.39 is 18.1 Å². The summed E-state index contributed by atoms with van der Waals surface area (Å²) in [4.78, 5) is 22.1. The minimum atomic E-state index is -0.659.